The molecule has 178 valence electrons. The SMILES string of the molecule is COc1ccc2cc(CN(C)C(=O)CCCCCN=C3NS(=O)(=O)c4ccccc43)ccc2c1. The summed E-state index contributed by atoms with van der Waals surface area (Å²) < 4.78 is 32.0. The number of hydrogen-bond donors (Lipinski definition) is 1. The lowest BCUT2D eigenvalue weighted by molar-refractivity contribution is -0.130. The van der Waals surface area contributed by atoms with Crippen LogP contribution < -0.4 is 9.46 Å². The van der Waals surface area contributed by atoms with Crippen LogP contribution in [0.25, 0.3) is 10.8 Å². The third kappa shape index (κ3) is 5.39. The topological polar surface area (TPSA) is 88.1 Å². The molecule has 3 aromatic rings. The van der Waals surface area contributed by atoms with Gasteiger partial charge in [0.05, 0.1) is 12.0 Å². The van der Waals surface area contributed by atoms with E-state index in [9.17, 15) is 13.2 Å². The predicted molar refractivity (Wildman–Crippen MR) is 134 cm³/mol. The first-order chi connectivity index (χ1) is 16.4. The van der Waals surface area contributed by atoms with Crippen LogP contribution >= 0.6 is 0 Å². The van der Waals surface area contributed by atoms with Crippen LogP contribution in [0.15, 0.2) is 70.6 Å². The highest BCUT2D eigenvalue weighted by Gasteiger charge is 2.29. The molecule has 1 aliphatic rings. The summed E-state index contributed by atoms with van der Waals surface area (Å²) >= 11 is 0. The number of amidine groups is 1. The molecule has 0 spiro atoms. The van der Waals surface area contributed by atoms with Crippen molar-refractivity contribution in [1.29, 1.82) is 0 Å². The number of sulfonamides is 1. The molecule has 0 saturated carbocycles. The first-order valence-electron chi connectivity index (χ1n) is 11.3. The number of aliphatic imine (C=N–C) groups is 1. The Morgan fingerprint density at radius 2 is 1.76 bits per heavy atom. The van der Waals surface area contributed by atoms with Crippen molar-refractivity contribution >= 4 is 32.5 Å². The molecule has 0 bridgehead atoms. The molecule has 0 fully saturated rings. The molecule has 0 atom stereocenters. The number of ether oxygens (including phenoxy) is 1. The zero-order chi connectivity index (χ0) is 24.1. The Balaban J connectivity index is 1.22. The van der Waals surface area contributed by atoms with Crippen molar-refractivity contribution in [2.75, 3.05) is 20.7 Å². The number of carbonyl (C=O) groups is 1. The molecule has 0 aromatic heterocycles. The van der Waals surface area contributed by atoms with E-state index in [1.807, 2.05) is 31.3 Å². The van der Waals surface area contributed by atoms with E-state index in [4.69, 9.17) is 4.74 Å². The van der Waals surface area contributed by atoms with Gasteiger partial charge in [0, 0.05) is 32.1 Å². The lowest BCUT2D eigenvalue weighted by Crippen LogP contribution is -2.25. The zero-order valence-electron chi connectivity index (χ0n) is 19.5. The van der Waals surface area contributed by atoms with E-state index < -0.39 is 10.0 Å². The van der Waals surface area contributed by atoms with Crippen molar-refractivity contribution in [1.82, 2.24) is 9.62 Å². The van der Waals surface area contributed by atoms with Gasteiger partial charge in [-0.05, 0) is 59.5 Å². The first-order valence-corrected chi connectivity index (χ1v) is 12.8. The van der Waals surface area contributed by atoms with E-state index in [0.717, 1.165) is 41.3 Å². The standard InChI is InChI=1S/C26H29N3O4S/c1-29(18-19-11-12-21-17-22(33-2)14-13-20(21)16-19)25(30)10-4-3-7-15-27-26-23-8-5-6-9-24(23)34(31,32)28-26/h5-6,8-9,11-14,16-17H,3-4,7,10,15,18H2,1-2H3,(H,27,28). The van der Waals surface area contributed by atoms with Crippen LogP contribution in [0, 0.1) is 0 Å². The van der Waals surface area contributed by atoms with Gasteiger partial charge in [0.25, 0.3) is 10.0 Å². The van der Waals surface area contributed by atoms with E-state index in [2.05, 4.69) is 21.8 Å². The highest BCUT2D eigenvalue weighted by molar-refractivity contribution is 7.90. The number of nitrogens with one attached hydrogen (secondary N) is 1. The van der Waals surface area contributed by atoms with Gasteiger partial charge in [0.15, 0.2) is 0 Å². The zero-order valence-corrected chi connectivity index (χ0v) is 20.3. The van der Waals surface area contributed by atoms with Crippen LogP contribution in [-0.2, 0) is 21.4 Å². The summed E-state index contributed by atoms with van der Waals surface area (Å²) in [5, 5.41) is 2.22. The van der Waals surface area contributed by atoms with Gasteiger partial charge in [-0.2, -0.15) is 0 Å². The van der Waals surface area contributed by atoms with Gasteiger partial charge in [-0.25, -0.2) is 8.42 Å². The van der Waals surface area contributed by atoms with Crippen LogP contribution in [-0.4, -0.2) is 45.8 Å². The molecule has 0 aliphatic carbocycles. The third-order valence-corrected chi connectivity index (χ3v) is 7.34. The number of benzene rings is 3. The van der Waals surface area contributed by atoms with Gasteiger partial charge in [-0.15, -0.1) is 0 Å². The third-order valence-electron chi connectivity index (χ3n) is 5.94. The average Bonchev–Trinajstić information content (AvgIpc) is 3.10. The van der Waals surface area contributed by atoms with Gasteiger partial charge in [-0.3, -0.25) is 14.5 Å². The second-order valence-electron chi connectivity index (χ2n) is 8.44. The maximum absolute atomic E-state index is 12.6. The summed E-state index contributed by atoms with van der Waals surface area (Å²) in [6.45, 7) is 1.08. The predicted octanol–water partition coefficient (Wildman–Crippen LogP) is 4.11. The maximum atomic E-state index is 12.6. The number of rotatable bonds is 9. The molecule has 4 rings (SSSR count). The Morgan fingerprint density at radius 3 is 2.59 bits per heavy atom. The molecular weight excluding hydrogens is 450 g/mol. The molecule has 1 amide bonds. The van der Waals surface area contributed by atoms with Gasteiger partial charge in [0.1, 0.15) is 11.6 Å². The molecule has 0 unspecified atom stereocenters. The minimum atomic E-state index is -3.50. The van der Waals surface area contributed by atoms with E-state index in [-0.39, 0.29) is 10.8 Å². The molecule has 8 heteroatoms. The minimum Gasteiger partial charge on any atom is -0.497 e. The fourth-order valence-corrected chi connectivity index (χ4v) is 5.31. The van der Waals surface area contributed by atoms with Gasteiger partial charge in [-0.1, -0.05) is 36.8 Å². The highest BCUT2D eigenvalue weighted by Crippen LogP contribution is 2.23. The molecule has 34 heavy (non-hydrogen) atoms. The van der Waals surface area contributed by atoms with E-state index in [1.54, 1.807) is 36.3 Å². The van der Waals surface area contributed by atoms with Gasteiger partial charge < -0.3 is 9.64 Å². The Hall–Kier alpha value is -3.39. The van der Waals surface area contributed by atoms with Crippen molar-refractivity contribution in [3.05, 3.63) is 71.8 Å². The summed E-state index contributed by atoms with van der Waals surface area (Å²) in [5.41, 5.74) is 1.70. The number of unbranched alkanes of at least 4 members (excludes halogenated alkanes) is 2. The monoisotopic (exact) mass is 479 g/mol. The molecule has 1 N–H and O–H groups in total. The lowest BCUT2D eigenvalue weighted by atomic mass is 10.1. The molecule has 0 radical (unpaired) electrons. The van der Waals surface area contributed by atoms with Crippen molar-refractivity contribution in [2.45, 2.75) is 37.1 Å². The Bertz CT molecular complexity index is 1330. The van der Waals surface area contributed by atoms with E-state index in [1.165, 1.54) is 0 Å². The highest BCUT2D eigenvalue weighted by atomic mass is 32.2. The van der Waals surface area contributed by atoms with Crippen LogP contribution in [0.5, 0.6) is 5.75 Å². The number of fused-ring (bicyclic) bond motifs is 2. The van der Waals surface area contributed by atoms with Crippen molar-refractivity contribution in [2.24, 2.45) is 4.99 Å². The summed E-state index contributed by atoms with van der Waals surface area (Å²) in [5.74, 6) is 1.34. The fraction of sp³-hybridized carbons (Fsp3) is 0.308. The quantitative estimate of drug-likeness (QED) is 0.468. The molecule has 3 aromatic carbocycles. The summed E-state index contributed by atoms with van der Waals surface area (Å²) in [6, 6.07) is 19.0. The molecule has 1 aliphatic heterocycles. The maximum Gasteiger partial charge on any atom is 0.263 e. The Labute approximate surface area is 200 Å². The number of methoxy groups -OCH3 is 1. The Kier molecular flexibility index (Phi) is 7.17. The number of hydrogen-bond acceptors (Lipinski definition) is 5. The first kappa shape index (κ1) is 23.8. The lowest BCUT2D eigenvalue weighted by Gasteiger charge is -2.17. The van der Waals surface area contributed by atoms with Crippen LogP contribution in [0.1, 0.15) is 36.8 Å². The van der Waals surface area contributed by atoms with Crippen LogP contribution in [0.2, 0.25) is 0 Å². The molecule has 1 heterocycles. The normalized spacial score (nSPS) is 15.2. The van der Waals surface area contributed by atoms with E-state index >= 15 is 0 Å². The second kappa shape index (κ2) is 10.3. The van der Waals surface area contributed by atoms with Gasteiger partial charge in [0.2, 0.25) is 5.91 Å². The van der Waals surface area contributed by atoms with Crippen LogP contribution in [0.4, 0.5) is 0 Å². The summed E-state index contributed by atoms with van der Waals surface area (Å²) in [7, 11) is -0.0162. The molecule has 0 saturated heterocycles. The largest absolute Gasteiger partial charge is 0.497 e. The molecule has 7 nitrogen and oxygen atoms in total. The van der Waals surface area contributed by atoms with Crippen LogP contribution in [0.3, 0.4) is 0 Å². The Morgan fingerprint density at radius 1 is 1.00 bits per heavy atom. The second-order valence-corrected chi connectivity index (χ2v) is 10.1. The van der Waals surface area contributed by atoms with Crippen molar-refractivity contribution in [3.63, 3.8) is 0 Å². The fourth-order valence-electron chi connectivity index (χ4n) is 4.06. The number of nitrogens with zero attached hydrogens (tertiary/aromatic N) is 2. The van der Waals surface area contributed by atoms with Crippen molar-refractivity contribution < 1.29 is 17.9 Å². The average molecular weight is 480 g/mol. The summed E-state index contributed by atoms with van der Waals surface area (Å²) in [4.78, 5) is 19.0. The smallest absolute Gasteiger partial charge is 0.263 e. The minimum absolute atomic E-state index is 0.110. The molecular formula is C26H29N3O4S. The summed E-state index contributed by atoms with van der Waals surface area (Å²) in [6.07, 6.45) is 2.89. The number of carbonyl (C=O) groups excluding carboxylic acids is 1. The van der Waals surface area contributed by atoms with E-state index in [0.29, 0.717) is 30.9 Å². The van der Waals surface area contributed by atoms with Gasteiger partial charge >= 0.3 is 0 Å². The van der Waals surface area contributed by atoms with Crippen molar-refractivity contribution in [3.8, 4) is 5.75 Å². The number of amides is 1.